The maximum atomic E-state index is 12.3. The van der Waals surface area contributed by atoms with Crippen LogP contribution in [0.25, 0.3) is 10.9 Å². The van der Waals surface area contributed by atoms with E-state index in [0.29, 0.717) is 24.6 Å². The number of hydrogen-bond acceptors (Lipinski definition) is 5. The van der Waals surface area contributed by atoms with Crippen LogP contribution in [-0.2, 0) is 13.0 Å². The van der Waals surface area contributed by atoms with Crippen molar-refractivity contribution in [1.82, 2.24) is 25.3 Å². The molecule has 3 aromatic heterocycles. The number of benzene rings is 1. The maximum Gasteiger partial charge on any atom is 0.270 e. The number of hydrogen-bond donors (Lipinski definition) is 3. The van der Waals surface area contributed by atoms with Crippen LogP contribution in [0.15, 0.2) is 67.4 Å². The van der Waals surface area contributed by atoms with Crippen molar-refractivity contribution in [2.24, 2.45) is 0 Å². The Kier molecular flexibility index (Phi) is 5.24. The second-order valence-corrected chi connectivity index (χ2v) is 6.37. The highest BCUT2D eigenvalue weighted by atomic mass is 16.1. The molecule has 7 heteroatoms. The number of aromatic nitrogens is 4. The molecule has 0 spiro atoms. The number of rotatable bonds is 7. The number of anilines is 1. The number of aromatic amines is 1. The smallest absolute Gasteiger partial charge is 0.270 e. The Morgan fingerprint density at radius 1 is 1.11 bits per heavy atom. The molecule has 0 unspecified atom stereocenters. The average molecular weight is 372 g/mol. The lowest BCUT2D eigenvalue weighted by atomic mass is 10.1. The lowest BCUT2D eigenvalue weighted by Gasteiger charge is -2.07. The first-order valence-corrected chi connectivity index (χ1v) is 9.07. The minimum atomic E-state index is -0.245. The van der Waals surface area contributed by atoms with Crippen molar-refractivity contribution >= 4 is 22.6 Å². The molecule has 4 aromatic rings. The van der Waals surface area contributed by atoms with E-state index in [-0.39, 0.29) is 5.91 Å². The highest BCUT2D eigenvalue weighted by molar-refractivity contribution is 5.92. The minimum absolute atomic E-state index is 0.245. The topological polar surface area (TPSA) is 95.6 Å². The first kappa shape index (κ1) is 17.7. The van der Waals surface area contributed by atoms with Crippen molar-refractivity contribution < 1.29 is 4.79 Å². The summed E-state index contributed by atoms with van der Waals surface area (Å²) in [7, 11) is 0. The number of H-pyrrole nitrogens is 1. The van der Waals surface area contributed by atoms with E-state index in [0.717, 1.165) is 17.5 Å². The summed E-state index contributed by atoms with van der Waals surface area (Å²) >= 11 is 0. The molecule has 1 aromatic carbocycles. The molecule has 0 radical (unpaired) electrons. The zero-order valence-electron chi connectivity index (χ0n) is 15.2. The van der Waals surface area contributed by atoms with Gasteiger partial charge in [-0.3, -0.25) is 9.78 Å². The van der Waals surface area contributed by atoms with E-state index >= 15 is 0 Å². The van der Waals surface area contributed by atoms with Crippen LogP contribution in [0.1, 0.15) is 21.6 Å². The molecule has 0 fully saturated rings. The maximum absolute atomic E-state index is 12.3. The molecule has 0 aliphatic rings. The van der Waals surface area contributed by atoms with E-state index in [1.807, 2.05) is 30.5 Å². The molecule has 1 amide bonds. The van der Waals surface area contributed by atoms with Crippen LogP contribution in [0.3, 0.4) is 0 Å². The first-order valence-electron chi connectivity index (χ1n) is 9.07. The van der Waals surface area contributed by atoms with Crippen LogP contribution >= 0.6 is 0 Å². The van der Waals surface area contributed by atoms with Crippen LogP contribution in [0.5, 0.6) is 0 Å². The van der Waals surface area contributed by atoms with Crippen LogP contribution in [0, 0.1) is 0 Å². The van der Waals surface area contributed by atoms with Crippen LogP contribution in [-0.4, -0.2) is 32.4 Å². The second-order valence-electron chi connectivity index (χ2n) is 6.37. The molecule has 7 nitrogen and oxygen atoms in total. The number of nitrogens with one attached hydrogen (secondary N) is 3. The summed E-state index contributed by atoms with van der Waals surface area (Å²) < 4.78 is 0. The quantitative estimate of drug-likeness (QED) is 0.464. The van der Waals surface area contributed by atoms with Crippen LogP contribution in [0.4, 0.5) is 5.82 Å². The number of para-hydroxylation sites is 1. The number of fused-ring (bicyclic) bond motifs is 1. The molecule has 0 saturated carbocycles. The zero-order chi connectivity index (χ0) is 19.2. The van der Waals surface area contributed by atoms with Gasteiger partial charge in [0.15, 0.2) is 0 Å². The average Bonchev–Trinajstić information content (AvgIpc) is 3.16. The van der Waals surface area contributed by atoms with Crippen molar-refractivity contribution in [1.29, 1.82) is 0 Å². The van der Waals surface area contributed by atoms with Gasteiger partial charge in [0.1, 0.15) is 17.8 Å². The van der Waals surface area contributed by atoms with Gasteiger partial charge in [0.2, 0.25) is 0 Å². The molecule has 3 heterocycles. The van der Waals surface area contributed by atoms with E-state index in [1.54, 1.807) is 18.5 Å². The number of carbonyl (C=O) groups excluding carboxylic acids is 1. The molecular formula is C21H20N6O. The normalized spacial score (nSPS) is 10.7. The van der Waals surface area contributed by atoms with E-state index < -0.39 is 0 Å². The summed E-state index contributed by atoms with van der Waals surface area (Å²) in [6.45, 7) is 1.11. The second kappa shape index (κ2) is 8.30. The summed E-state index contributed by atoms with van der Waals surface area (Å²) in [5.74, 6) is 0.382. The third-order valence-electron chi connectivity index (χ3n) is 4.45. The Bertz CT molecular complexity index is 1080. The van der Waals surface area contributed by atoms with E-state index in [2.05, 4.69) is 42.7 Å². The fourth-order valence-corrected chi connectivity index (χ4v) is 3.02. The molecule has 0 saturated heterocycles. The number of amides is 1. The predicted molar refractivity (Wildman–Crippen MR) is 108 cm³/mol. The number of nitrogens with zero attached hydrogens (tertiary/aromatic N) is 3. The lowest BCUT2D eigenvalue weighted by molar-refractivity contribution is 0.0945. The standard InChI is InChI=1S/C21H20N6O/c28-21(25-12-15-4-3-8-22-11-15)19-10-20(27-14-26-19)23-9-7-16-13-24-18-6-2-1-5-17(16)18/h1-6,8,10-11,13-14,24H,7,9,12H2,(H,25,28)(H,23,26,27). The first-order chi connectivity index (χ1) is 13.8. The molecule has 0 aliphatic carbocycles. The van der Waals surface area contributed by atoms with Crippen molar-refractivity contribution in [3.05, 3.63) is 84.2 Å². The largest absolute Gasteiger partial charge is 0.370 e. The Morgan fingerprint density at radius 2 is 2.04 bits per heavy atom. The van der Waals surface area contributed by atoms with Gasteiger partial charge < -0.3 is 15.6 Å². The van der Waals surface area contributed by atoms with Crippen LogP contribution in [0.2, 0.25) is 0 Å². The van der Waals surface area contributed by atoms with Gasteiger partial charge in [-0.15, -0.1) is 0 Å². The van der Waals surface area contributed by atoms with E-state index in [4.69, 9.17) is 0 Å². The molecule has 3 N–H and O–H groups in total. The molecule has 0 atom stereocenters. The Labute approximate surface area is 162 Å². The molecule has 0 bridgehead atoms. The fraction of sp³-hybridized carbons (Fsp3) is 0.143. The van der Waals surface area contributed by atoms with Crippen molar-refractivity contribution in [2.45, 2.75) is 13.0 Å². The van der Waals surface area contributed by atoms with Gasteiger partial charge in [0.25, 0.3) is 5.91 Å². The Balaban J connectivity index is 1.33. The van der Waals surface area contributed by atoms with Gasteiger partial charge in [-0.05, 0) is 29.7 Å². The Morgan fingerprint density at radius 3 is 2.93 bits per heavy atom. The minimum Gasteiger partial charge on any atom is -0.370 e. The summed E-state index contributed by atoms with van der Waals surface area (Å²) in [5.41, 5.74) is 3.63. The van der Waals surface area contributed by atoms with Gasteiger partial charge in [0.05, 0.1) is 0 Å². The van der Waals surface area contributed by atoms with Crippen molar-refractivity contribution in [3.8, 4) is 0 Å². The van der Waals surface area contributed by atoms with Crippen molar-refractivity contribution in [3.63, 3.8) is 0 Å². The van der Waals surface area contributed by atoms with E-state index in [1.165, 1.54) is 17.3 Å². The van der Waals surface area contributed by atoms with Gasteiger partial charge in [-0.1, -0.05) is 24.3 Å². The summed E-state index contributed by atoms with van der Waals surface area (Å²) in [6, 6.07) is 13.6. The molecule has 4 rings (SSSR count). The summed E-state index contributed by atoms with van der Waals surface area (Å²) in [6.07, 6.45) is 7.69. The lowest BCUT2D eigenvalue weighted by Crippen LogP contribution is -2.24. The molecule has 140 valence electrons. The summed E-state index contributed by atoms with van der Waals surface area (Å²) in [5, 5.41) is 7.33. The molecule has 0 aliphatic heterocycles. The highest BCUT2D eigenvalue weighted by Gasteiger charge is 2.09. The highest BCUT2D eigenvalue weighted by Crippen LogP contribution is 2.18. The zero-order valence-corrected chi connectivity index (χ0v) is 15.2. The monoisotopic (exact) mass is 372 g/mol. The van der Waals surface area contributed by atoms with Gasteiger partial charge >= 0.3 is 0 Å². The predicted octanol–water partition coefficient (Wildman–Crippen LogP) is 2.94. The SMILES string of the molecule is O=C(NCc1cccnc1)c1cc(NCCc2c[nH]c3ccccc23)ncn1. The van der Waals surface area contributed by atoms with Crippen molar-refractivity contribution in [2.75, 3.05) is 11.9 Å². The van der Waals surface area contributed by atoms with Gasteiger partial charge in [-0.25, -0.2) is 9.97 Å². The third kappa shape index (κ3) is 4.15. The summed E-state index contributed by atoms with van der Waals surface area (Å²) in [4.78, 5) is 27.9. The van der Waals surface area contributed by atoms with Gasteiger partial charge in [-0.2, -0.15) is 0 Å². The van der Waals surface area contributed by atoms with Gasteiger partial charge in [0, 0.05) is 48.6 Å². The number of carbonyl (C=O) groups is 1. The third-order valence-corrected chi connectivity index (χ3v) is 4.45. The van der Waals surface area contributed by atoms with Crippen LogP contribution < -0.4 is 10.6 Å². The molecular weight excluding hydrogens is 352 g/mol. The van der Waals surface area contributed by atoms with E-state index in [9.17, 15) is 4.79 Å². The Hall–Kier alpha value is -3.74. The molecule has 28 heavy (non-hydrogen) atoms. The fourth-order valence-electron chi connectivity index (χ4n) is 3.02. The number of pyridine rings is 1.